The van der Waals surface area contributed by atoms with Gasteiger partial charge in [-0.2, -0.15) is 0 Å². The number of nitrogens with one attached hydrogen (secondary N) is 2. The van der Waals surface area contributed by atoms with Gasteiger partial charge in [0.1, 0.15) is 11.0 Å². The molecule has 0 aliphatic heterocycles. The summed E-state index contributed by atoms with van der Waals surface area (Å²) in [5.41, 5.74) is 13.5. The second kappa shape index (κ2) is 9.53. The standard InChI is InChI=1S/C20H26N4O4S/c1-10(2)6-15(19(26)27)23-9-13-5-4-12(7-11(13)3)16-8-14(17(21)25)18(29-16)24-20(22)28/h4-5,7-8,10,15,23H,6,9H2,1-3H3,(H2,21,25)(H,26,27)(H3,22,24,28)/t15-/m0/s1. The van der Waals surface area contributed by atoms with Gasteiger partial charge in [0.15, 0.2) is 0 Å². The highest BCUT2D eigenvalue weighted by Crippen LogP contribution is 2.36. The minimum Gasteiger partial charge on any atom is -0.480 e. The summed E-state index contributed by atoms with van der Waals surface area (Å²) in [5.74, 6) is -1.24. The molecule has 1 heterocycles. The molecule has 0 radical (unpaired) electrons. The molecule has 0 fully saturated rings. The Bertz CT molecular complexity index is 923. The van der Waals surface area contributed by atoms with Crippen molar-refractivity contribution in [2.45, 2.75) is 39.8 Å². The number of thiophene rings is 1. The number of anilines is 1. The fourth-order valence-corrected chi connectivity index (χ4v) is 4.01. The van der Waals surface area contributed by atoms with Crippen LogP contribution in [0.3, 0.4) is 0 Å². The molecular formula is C20H26N4O4S. The minimum absolute atomic E-state index is 0.199. The van der Waals surface area contributed by atoms with Crippen molar-refractivity contribution in [2.75, 3.05) is 5.32 Å². The van der Waals surface area contributed by atoms with Gasteiger partial charge in [0, 0.05) is 11.4 Å². The van der Waals surface area contributed by atoms with Gasteiger partial charge in [-0.05, 0) is 42.0 Å². The van der Waals surface area contributed by atoms with E-state index in [4.69, 9.17) is 11.5 Å². The van der Waals surface area contributed by atoms with E-state index in [1.807, 2.05) is 39.0 Å². The van der Waals surface area contributed by atoms with Crippen LogP contribution in [0, 0.1) is 12.8 Å². The second-order valence-corrected chi connectivity index (χ2v) is 8.30. The largest absolute Gasteiger partial charge is 0.480 e. The summed E-state index contributed by atoms with van der Waals surface area (Å²) in [6, 6.07) is 5.98. The summed E-state index contributed by atoms with van der Waals surface area (Å²) in [6.45, 7) is 6.34. The SMILES string of the molecule is Cc1cc(-c2cc(C(N)=O)c(NC(N)=O)s2)ccc1CN[C@@H](CC(C)C)C(=O)O. The monoisotopic (exact) mass is 418 g/mol. The lowest BCUT2D eigenvalue weighted by Crippen LogP contribution is -2.37. The maximum Gasteiger partial charge on any atom is 0.320 e. The van der Waals surface area contributed by atoms with Crippen molar-refractivity contribution < 1.29 is 19.5 Å². The van der Waals surface area contributed by atoms with E-state index in [1.54, 1.807) is 6.07 Å². The maximum atomic E-state index is 11.6. The zero-order chi connectivity index (χ0) is 21.7. The quantitative estimate of drug-likeness (QED) is 0.425. The van der Waals surface area contributed by atoms with Gasteiger partial charge in [-0.25, -0.2) is 4.79 Å². The van der Waals surface area contributed by atoms with E-state index in [0.29, 0.717) is 18.0 Å². The van der Waals surface area contributed by atoms with Gasteiger partial charge in [-0.3, -0.25) is 14.9 Å². The smallest absolute Gasteiger partial charge is 0.320 e. The van der Waals surface area contributed by atoms with E-state index in [0.717, 1.165) is 21.6 Å². The van der Waals surface area contributed by atoms with Crippen LogP contribution in [-0.4, -0.2) is 29.1 Å². The van der Waals surface area contributed by atoms with Gasteiger partial charge in [-0.15, -0.1) is 11.3 Å². The van der Waals surface area contributed by atoms with E-state index in [9.17, 15) is 19.5 Å². The molecule has 8 nitrogen and oxygen atoms in total. The first-order chi connectivity index (χ1) is 13.6. The normalized spacial score (nSPS) is 12.0. The number of aliphatic carboxylic acids is 1. The first-order valence-corrected chi connectivity index (χ1v) is 9.96. The number of amides is 3. The summed E-state index contributed by atoms with van der Waals surface area (Å²) in [5, 5.41) is 15.2. The van der Waals surface area contributed by atoms with Gasteiger partial charge in [-0.1, -0.05) is 32.0 Å². The Hall–Kier alpha value is -2.91. The molecule has 0 aliphatic carbocycles. The summed E-state index contributed by atoms with van der Waals surface area (Å²) < 4.78 is 0. The number of rotatable bonds is 9. The molecule has 9 heteroatoms. The Balaban J connectivity index is 2.22. The lowest BCUT2D eigenvalue weighted by atomic mass is 10.0. The zero-order valence-corrected chi connectivity index (χ0v) is 17.4. The number of benzene rings is 1. The second-order valence-electron chi connectivity index (χ2n) is 7.25. The van der Waals surface area contributed by atoms with Gasteiger partial charge in [0.2, 0.25) is 0 Å². The van der Waals surface area contributed by atoms with E-state index in [1.165, 1.54) is 11.3 Å². The van der Waals surface area contributed by atoms with Crippen molar-refractivity contribution in [1.82, 2.24) is 5.32 Å². The average molecular weight is 419 g/mol. The van der Waals surface area contributed by atoms with Crippen LogP contribution in [0.1, 0.15) is 41.8 Å². The number of carboxylic acids is 1. The third-order valence-electron chi connectivity index (χ3n) is 4.41. The molecule has 0 aliphatic rings. The summed E-state index contributed by atoms with van der Waals surface area (Å²) in [7, 11) is 0. The van der Waals surface area contributed by atoms with Gasteiger partial charge in [0.05, 0.1) is 5.56 Å². The van der Waals surface area contributed by atoms with E-state index in [-0.39, 0.29) is 11.5 Å². The maximum absolute atomic E-state index is 11.6. The van der Waals surface area contributed by atoms with Crippen molar-refractivity contribution in [2.24, 2.45) is 17.4 Å². The molecule has 0 saturated heterocycles. The average Bonchev–Trinajstić information content (AvgIpc) is 3.02. The van der Waals surface area contributed by atoms with Gasteiger partial charge < -0.3 is 21.9 Å². The minimum atomic E-state index is -0.861. The Morgan fingerprint density at radius 1 is 1.17 bits per heavy atom. The summed E-state index contributed by atoms with van der Waals surface area (Å²) >= 11 is 1.21. The molecule has 7 N–H and O–H groups in total. The van der Waals surface area contributed by atoms with E-state index in [2.05, 4.69) is 10.6 Å². The van der Waals surface area contributed by atoms with Crippen molar-refractivity contribution in [3.63, 3.8) is 0 Å². The Labute approximate surface area is 173 Å². The van der Waals surface area contributed by atoms with Gasteiger partial charge in [0.25, 0.3) is 5.91 Å². The highest BCUT2D eigenvalue weighted by Gasteiger charge is 2.19. The number of primary amides is 2. The van der Waals surface area contributed by atoms with Crippen molar-refractivity contribution in [3.8, 4) is 10.4 Å². The number of urea groups is 1. The van der Waals surface area contributed by atoms with Crippen LogP contribution in [0.5, 0.6) is 0 Å². The topological polar surface area (TPSA) is 148 Å². The number of carbonyl (C=O) groups is 3. The highest BCUT2D eigenvalue weighted by molar-refractivity contribution is 7.20. The Morgan fingerprint density at radius 2 is 1.86 bits per heavy atom. The molecule has 1 atom stereocenters. The van der Waals surface area contributed by atoms with Gasteiger partial charge >= 0.3 is 12.0 Å². The molecule has 0 unspecified atom stereocenters. The van der Waals surface area contributed by atoms with Crippen molar-refractivity contribution >= 4 is 34.2 Å². The van der Waals surface area contributed by atoms with Crippen molar-refractivity contribution in [3.05, 3.63) is 41.0 Å². The first kappa shape index (κ1) is 22.4. The fraction of sp³-hybridized carbons (Fsp3) is 0.350. The third-order valence-corrected chi connectivity index (χ3v) is 5.51. The number of carboxylic acid groups (broad SMARTS) is 1. The lowest BCUT2D eigenvalue weighted by molar-refractivity contribution is -0.140. The Morgan fingerprint density at radius 3 is 2.38 bits per heavy atom. The predicted molar refractivity (Wildman–Crippen MR) is 114 cm³/mol. The van der Waals surface area contributed by atoms with Crippen LogP contribution in [-0.2, 0) is 11.3 Å². The fourth-order valence-electron chi connectivity index (χ4n) is 2.94. The molecule has 1 aromatic carbocycles. The molecule has 1 aromatic heterocycles. The first-order valence-electron chi connectivity index (χ1n) is 9.14. The number of carbonyl (C=O) groups excluding carboxylic acids is 2. The molecule has 3 amide bonds. The Kier molecular flexibility index (Phi) is 7.35. The summed E-state index contributed by atoms with van der Waals surface area (Å²) in [6.07, 6.45) is 0.549. The van der Waals surface area contributed by atoms with E-state index < -0.39 is 23.9 Å². The molecule has 29 heavy (non-hydrogen) atoms. The predicted octanol–water partition coefficient (Wildman–Crippen LogP) is 2.90. The van der Waals surface area contributed by atoms with Crippen LogP contribution in [0.2, 0.25) is 0 Å². The molecule has 0 bridgehead atoms. The molecule has 0 spiro atoms. The van der Waals surface area contributed by atoms with Crippen LogP contribution >= 0.6 is 11.3 Å². The third kappa shape index (κ3) is 6.03. The van der Waals surface area contributed by atoms with Crippen LogP contribution in [0.25, 0.3) is 10.4 Å². The van der Waals surface area contributed by atoms with Crippen molar-refractivity contribution in [1.29, 1.82) is 0 Å². The summed E-state index contributed by atoms with van der Waals surface area (Å²) in [4.78, 5) is 34.9. The zero-order valence-electron chi connectivity index (χ0n) is 16.6. The van der Waals surface area contributed by atoms with Crippen LogP contribution < -0.4 is 22.1 Å². The highest BCUT2D eigenvalue weighted by atomic mass is 32.1. The van der Waals surface area contributed by atoms with Crippen LogP contribution in [0.15, 0.2) is 24.3 Å². The molecule has 156 valence electrons. The van der Waals surface area contributed by atoms with Crippen LogP contribution in [0.4, 0.5) is 9.80 Å². The number of hydrogen-bond donors (Lipinski definition) is 5. The van der Waals surface area contributed by atoms with E-state index >= 15 is 0 Å². The lowest BCUT2D eigenvalue weighted by Gasteiger charge is -2.17. The number of aryl methyl sites for hydroxylation is 1. The molecule has 2 aromatic rings. The number of hydrogen-bond acceptors (Lipinski definition) is 5. The molecule has 0 saturated carbocycles. The molecule has 2 rings (SSSR count). The molecular weight excluding hydrogens is 392 g/mol. The number of nitrogens with two attached hydrogens (primary N) is 2.